The van der Waals surface area contributed by atoms with Gasteiger partial charge in [0.15, 0.2) is 0 Å². The molecule has 0 bridgehead atoms. The van der Waals surface area contributed by atoms with Gasteiger partial charge in [0, 0.05) is 6.42 Å². The summed E-state index contributed by atoms with van der Waals surface area (Å²) >= 11 is 5.57. The minimum atomic E-state index is -0.550. The van der Waals surface area contributed by atoms with Crippen LogP contribution in [-0.2, 0) is 20.7 Å². The molecule has 92 valence electrons. The number of esters is 1. The Hall–Kier alpha value is -1.42. The van der Waals surface area contributed by atoms with Crippen molar-refractivity contribution >= 4 is 23.4 Å². The van der Waals surface area contributed by atoms with Gasteiger partial charge in [0.05, 0.1) is 11.6 Å². The normalized spacial score (nSPS) is 10.1. The number of carbonyl (C=O) groups is 2. The number of hydrogen-bond donors (Lipinski definition) is 0. The van der Waals surface area contributed by atoms with Crippen molar-refractivity contribution in [3.8, 4) is 0 Å². The summed E-state index contributed by atoms with van der Waals surface area (Å²) in [5.41, 5.74) is 0.575. The lowest BCUT2D eigenvalue weighted by Gasteiger charge is -2.03. The third-order valence-electron chi connectivity index (χ3n) is 2.03. The summed E-state index contributed by atoms with van der Waals surface area (Å²) in [5.74, 6) is -1.37. The topological polar surface area (TPSA) is 43.4 Å². The van der Waals surface area contributed by atoms with Gasteiger partial charge in [-0.05, 0) is 24.6 Å². The molecule has 0 unspecified atom stereocenters. The van der Waals surface area contributed by atoms with Crippen molar-refractivity contribution in [3.05, 3.63) is 34.6 Å². The summed E-state index contributed by atoms with van der Waals surface area (Å²) in [4.78, 5) is 22.5. The predicted octanol–water partition coefficient (Wildman–Crippen LogP) is 2.54. The van der Waals surface area contributed by atoms with Gasteiger partial charge in [-0.15, -0.1) is 0 Å². The van der Waals surface area contributed by atoms with Crippen LogP contribution in [0.5, 0.6) is 0 Å². The van der Waals surface area contributed by atoms with Crippen molar-refractivity contribution < 1.29 is 18.7 Å². The van der Waals surface area contributed by atoms with E-state index >= 15 is 0 Å². The van der Waals surface area contributed by atoms with Gasteiger partial charge in [0.1, 0.15) is 18.0 Å². The number of rotatable bonds is 5. The molecule has 0 amide bonds. The van der Waals surface area contributed by atoms with E-state index in [1.54, 1.807) is 6.92 Å². The average molecular weight is 259 g/mol. The second-order valence-electron chi connectivity index (χ2n) is 3.45. The molecule has 1 rings (SSSR count). The Morgan fingerprint density at radius 3 is 2.71 bits per heavy atom. The zero-order chi connectivity index (χ0) is 12.8. The first kappa shape index (κ1) is 13.6. The van der Waals surface area contributed by atoms with Crippen LogP contribution in [0, 0.1) is 5.82 Å². The van der Waals surface area contributed by atoms with Crippen LogP contribution in [-0.4, -0.2) is 18.4 Å². The maximum absolute atomic E-state index is 12.9. The van der Waals surface area contributed by atoms with Crippen LogP contribution >= 0.6 is 11.6 Å². The third-order valence-corrected chi connectivity index (χ3v) is 2.32. The summed E-state index contributed by atoms with van der Waals surface area (Å²) in [7, 11) is 0. The van der Waals surface area contributed by atoms with Gasteiger partial charge in [0.2, 0.25) is 0 Å². The Bertz CT molecular complexity index is 432. The predicted molar refractivity (Wildman–Crippen MR) is 61.4 cm³/mol. The molecule has 0 aliphatic heterocycles. The maximum Gasteiger partial charge on any atom is 0.313 e. The van der Waals surface area contributed by atoms with Crippen molar-refractivity contribution in [2.45, 2.75) is 19.8 Å². The lowest BCUT2D eigenvalue weighted by molar-refractivity contribution is -0.145. The van der Waals surface area contributed by atoms with Crippen molar-refractivity contribution in [1.29, 1.82) is 0 Å². The van der Waals surface area contributed by atoms with E-state index in [1.807, 2.05) is 0 Å². The van der Waals surface area contributed by atoms with E-state index < -0.39 is 11.8 Å². The molecule has 0 radical (unpaired) electrons. The molecule has 0 saturated carbocycles. The summed E-state index contributed by atoms with van der Waals surface area (Å²) < 4.78 is 17.5. The molecule has 0 N–H and O–H groups in total. The molecule has 1 aromatic carbocycles. The fourth-order valence-corrected chi connectivity index (χ4v) is 1.52. The molecular weight excluding hydrogens is 247 g/mol. The van der Waals surface area contributed by atoms with E-state index in [0.717, 1.165) is 0 Å². The first-order valence-corrected chi connectivity index (χ1v) is 5.52. The van der Waals surface area contributed by atoms with E-state index in [-0.39, 0.29) is 30.3 Å². The van der Waals surface area contributed by atoms with Gasteiger partial charge in [-0.2, -0.15) is 0 Å². The number of ketones is 1. The van der Waals surface area contributed by atoms with Crippen molar-refractivity contribution in [1.82, 2.24) is 0 Å². The number of carbonyl (C=O) groups excluding carboxylic acids is 2. The molecule has 17 heavy (non-hydrogen) atoms. The monoisotopic (exact) mass is 258 g/mol. The van der Waals surface area contributed by atoms with Crippen LogP contribution < -0.4 is 0 Å². The van der Waals surface area contributed by atoms with Crippen molar-refractivity contribution in [2.75, 3.05) is 6.61 Å². The molecular formula is C12H12ClFO3. The second kappa shape index (κ2) is 6.35. The zero-order valence-corrected chi connectivity index (χ0v) is 10.1. The van der Waals surface area contributed by atoms with Crippen LogP contribution in [0.25, 0.3) is 0 Å². The number of benzene rings is 1. The van der Waals surface area contributed by atoms with E-state index in [0.29, 0.717) is 5.56 Å². The Kier molecular flexibility index (Phi) is 5.10. The molecule has 3 nitrogen and oxygen atoms in total. The van der Waals surface area contributed by atoms with Crippen LogP contribution in [0.2, 0.25) is 5.02 Å². The number of hydrogen-bond acceptors (Lipinski definition) is 3. The second-order valence-corrected chi connectivity index (χ2v) is 3.85. The SMILES string of the molecule is CCOC(=O)CC(=O)Cc1ccc(F)c(Cl)c1. The summed E-state index contributed by atoms with van der Waals surface area (Å²) in [5, 5.41) is -0.0357. The lowest BCUT2D eigenvalue weighted by Crippen LogP contribution is -2.13. The largest absolute Gasteiger partial charge is 0.466 e. The summed E-state index contributed by atoms with van der Waals surface area (Å²) in [6, 6.07) is 4.03. The van der Waals surface area contributed by atoms with Crippen LogP contribution in [0.15, 0.2) is 18.2 Å². The molecule has 0 aliphatic carbocycles. The van der Waals surface area contributed by atoms with Gasteiger partial charge in [-0.1, -0.05) is 17.7 Å². The molecule has 0 aromatic heterocycles. The standard InChI is InChI=1S/C12H12ClFO3/c1-2-17-12(16)7-9(15)5-8-3-4-11(14)10(13)6-8/h3-4,6H,2,5,7H2,1H3. The first-order chi connectivity index (χ1) is 8.02. The van der Waals surface area contributed by atoms with Gasteiger partial charge in [-0.3, -0.25) is 9.59 Å². The first-order valence-electron chi connectivity index (χ1n) is 5.14. The van der Waals surface area contributed by atoms with Crippen LogP contribution in [0.4, 0.5) is 4.39 Å². The third kappa shape index (κ3) is 4.53. The van der Waals surface area contributed by atoms with Gasteiger partial charge >= 0.3 is 5.97 Å². The van der Waals surface area contributed by atoms with E-state index in [4.69, 9.17) is 11.6 Å². The Balaban J connectivity index is 2.56. The van der Waals surface area contributed by atoms with E-state index in [2.05, 4.69) is 4.74 Å². The van der Waals surface area contributed by atoms with Gasteiger partial charge in [-0.25, -0.2) is 4.39 Å². The molecule has 0 spiro atoms. The minimum absolute atomic E-state index is 0.0357. The molecule has 5 heteroatoms. The molecule has 0 aliphatic rings. The van der Waals surface area contributed by atoms with E-state index in [9.17, 15) is 14.0 Å². The maximum atomic E-state index is 12.9. The summed E-state index contributed by atoms with van der Waals surface area (Å²) in [6.45, 7) is 1.91. The molecule has 0 saturated heterocycles. The average Bonchev–Trinajstić information content (AvgIpc) is 2.23. The number of ether oxygens (including phenoxy) is 1. The quantitative estimate of drug-likeness (QED) is 0.602. The fourth-order valence-electron chi connectivity index (χ4n) is 1.31. The van der Waals surface area contributed by atoms with Crippen molar-refractivity contribution in [2.24, 2.45) is 0 Å². The lowest BCUT2D eigenvalue weighted by atomic mass is 10.1. The Morgan fingerprint density at radius 1 is 1.41 bits per heavy atom. The highest BCUT2D eigenvalue weighted by Gasteiger charge is 2.11. The number of halogens is 2. The van der Waals surface area contributed by atoms with E-state index in [1.165, 1.54) is 18.2 Å². The highest BCUT2D eigenvalue weighted by Crippen LogP contribution is 2.16. The minimum Gasteiger partial charge on any atom is -0.466 e. The zero-order valence-electron chi connectivity index (χ0n) is 9.33. The highest BCUT2D eigenvalue weighted by atomic mass is 35.5. The molecule has 0 fully saturated rings. The van der Waals surface area contributed by atoms with Crippen molar-refractivity contribution in [3.63, 3.8) is 0 Å². The Morgan fingerprint density at radius 2 is 2.12 bits per heavy atom. The summed E-state index contributed by atoms with van der Waals surface area (Å²) in [6.07, 6.45) is -0.234. The molecule has 1 aromatic rings. The molecule has 0 atom stereocenters. The Labute approximate surface area is 104 Å². The van der Waals surface area contributed by atoms with Gasteiger partial charge in [0.25, 0.3) is 0 Å². The molecule has 0 heterocycles. The number of Topliss-reactive ketones (excluding diaryl/α,β-unsaturated/α-hetero) is 1. The van der Waals surface area contributed by atoms with Gasteiger partial charge < -0.3 is 4.74 Å². The van der Waals surface area contributed by atoms with Crippen LogP contribution in [0.1, 0.15) is 18.9 Å². The van der Waals surface area contributed by atoms with Crippen LogP contribution in [0.3, 0.4) is 0 Å². The smallest absolute Gasteiger partial charge is 0.313 e. The fraction of sp³-hybridized carbons (Fsp3) is 0.333. The highest BCUT2D eigenvalue weighted by molar-refractivity contribution is 6.30.